The molecule has 1 aliphatic heterocycles. The van der Waals surface area contributed by atoms with Crippen molar-refractivity contribution in [2.24, 2.45) is 4.99 Å². The monoisotopic (exact) mass is 318 g/mol. The van der Waals surface area contributed by atoms with Crippen molar-refractivity contribution in [1.82, 2.24) is 15.0 Å². The first-order valence-electron chi connectivity index (χ1n) is 7.80. The van der Waals surface area contributed by atoms with E-state index in [0.29, 0.717) is 0 Å². The predicted molar refractivity (Wildman–Crippen MR) is 93.3 cm³/mol. The third kappa shape index (κ3) is 2.44. The smallest absolute Gasteiger partial charge is 0.144 e. The molecule has 2 N–H and O–H groups in total. The fourth-order valence-corrected chi connectivity index (χ4v) is 2.97. The van der Waals surface area contributed by atoms with Gasteiger partial charge in [-0.05, 0) is 43.7 Å². The van der Waals surface area contributed by atoms with Gasteiger partial charge in [-0.15, -0.1) is 0 Å². The highest BCUT2D eigenvalue weighted by atomic mass is 16.5. The van der Waals surface area contributed by atoms with Crippen LogP contribution in [0.4, 0.5) is 0 Å². The number of rotatable bonds is 2. The lowest BCUT2D eigenvalue weighted by Gasteiger charge is -1.94. The Balaban J connectivity index is 1.93. The molecule has 4 heterocycles. The molecule has 0 aromatic carbocycles. The summed E-state index contributed by atoms with van der Waals surface area (Å²) in [6.07, 6.45) is 7.67. The van der Waals surface area contributed by atoms with E-state index < -0.39 is 0 Å². The molecule has 0 saturated carbocycles. The molecule has 0 bridgehead atoms. The highest BCUT2D eigenvalue weighted by Crippen LogP contribution is 2.10. The van der Waals surface area contributed by atoms with Crippen molar-refractivity contribution in [3.05, 3.63) is 68.8 Å². The van der Waals surface area contributed by atoms with Gasteiger partial charge in [0.05, 0.1) is 28.9 Å². The van der Waals surface area contributed by atoms with E-state index in [1.54, 1.807) is 13.3 Å². The first kappa shape index (κ1) is 14.5. The van der Waals surface area contributed by atoms with Gasteiger partial charge >= 0.3 is 0 Å². The van der Waals surface area contributed by atoms with Crippen molar-refractivity contribution < 1.29 is 4.74 Å². The lowest BCUT2D eigenvalue weighted by atomic mass is 10.2. The van der Waals surface area contributed by atoms with Gasteiger partial charge in [-0.25, -0.2) is 4.99 Å². The normalized spacial score (nSPS) is 15.9. The summed E-state index contributed by atoms with van der Waals surface area (Å²) in [5.74, 6) is 0.793. The van der Waals surface area contributed by atoms with Crippen LogP contribution >= 0.6 is 0 Å². The Labute approximate surface area is 138 Å². The van der Waals surface area contributed by atoms with Crippen LogP contribution in [0.2, 0.25) is 0 Å². The molecule has 0 spiro atoms. The molecule has 5 heteroatoms. The summed E-state index contributed by atoms with van der Waals surface area (Å²) in [5, 5.41) is 3.82. The number of nitrogens with one attached hydrogen (secondary N) is 2. The molecule has 0 saturated heterocycles. The predicted octanol–water partition coefficient (Wildman–Crippen LogP) is 0.414. The second kappa shape index (κ2) is 5.53. The molecular weight excluding hydrogens is 300 g/mol. The van der Waals surface area contributed by atoms with Gasteiger partial charge < -0.3 is 14.7 Å². The van der Waals surface area contributed by atoms with Gasteiger partial charge in [-0.3, -0.25) is 4.98 Å². The molecule has 0 radical (unpaired) electrons. The van der Waals surface area contributed by atoms with Gasteiger partial charge in [0, 0.05) is 35.1 Å². The third-order valence-electron chi connectivity index (χ3n) is 4.15. The van der Waals surface area contributed by atoms with Gasteiger partial charge in [0.2, 0.25) is 0 Å². The topological polar surface area (TPSA) is 66.1 Å². The highest BCUT2D eigenvalue weighted by molar-refractivity contribution is 5.76. The summed E-state index contributed by atoms with van der Waals surface area (Å²) in [7, 11) is 1.68. The lowest BCUT2D eigenvalue weighted by molar-refractivity contribution is 0.412. The summed E-state index contributed by atoms with van der Waals surface area (Å²) >= 11 is 0. The second-order valence-corrected chi connectivity index (χ2v) is 5.93. The SMILES string of the molecule is COc1c/c(=C2/C=c3cnccc3=N2)[nH]/c1=C\c1[nH]c(C)cc1C. The zero-order valence-electron chi connectivity index (χ0n) is 13.8. The summed E-state index contributed by atoms with van der Waals surface area (Å²) in [4.78, 5) is 15.6. The number of hydrogen-bond acceptors (Lipinski definition) is 3. The number of aromatic nitrogens is 3. The molecule has 1 aliphatic rings. The van der Waals surface area contributed by atoms with Crippen LogP contribution in [0.25, 0.3) is 17.8 Å². The average Bonchev–Trinajstić information content (AvgIpc) is 3.24. The Bertz CT molecular complexity index is 1130. The Hall–Kier alpha value is -3.08. The number of pyridine rings is 1. The lowest BCUT2D eigenvalue weighted by Crippen LogP contribution is -2.20. The molecule has 5 nitrogen and oxygen atoms in total. The maximum Gasteiger partial charge on any atom is 0.144 e. The van der Waals surface area contributed by atoms with E-state index in [1.807, 2.05) is 24.4 Å². The fraction of sp³-hybridized carbons (Fsp3) is 0.158. The molecule has 3 aromatic rings. The van der Waals surface area contributed by atoms with E-state index in [4.69, 9.17) is 4.74 Å². The van der Waals surface area contributed by atoms with Gasteiger partial charge in [0.15, 0.2) is 0 Å². The van der Waals surface area contributed by atoms with Gasteiger partial charge in [-0.1, -0.05) is 0 Å². The number of fused-ring (bicyclic) bond motifs is 1. The van der Waals surface area contributed by atoms with E-state index in [1.165, 1.54) is 5.56 Å². The molecular formula is C19H18N4O. The van der Waals surface area contributed by atoms with Crippen LogP contribution in [0.5, 0.6) is 5.75 Å². The molecule has 0 amide bonds. The molecule has 24 heavy (non-hydrogen) atoms. The zero-order valence-corrected chi connectivity index (χ0v) is 13.8. The second-order valence-electron chi connectivity index (χ2n) is 5.93. The van der Waals surface area contributed by atoms with Gasteiger partial charge in [0.1, 0.15) is 5.75 Å². The Kier molecular flexibility index (Phi) is 3.34. The van der Waals surface area contributed by atoms with E-state index in [0.717, 1.165) is 44.1 Å². The molecule has 0 atom stereocenters. The Morgan fingerprint density at radius 2 is 2.04 bits per heavy atom. The van der Waals surface area contributed by atoms with Crippen LogP contribution in [-0.4, -0.2) is 22.1 Å². The maximum atomic E-state index is 5.52. The van der Waals surface area contributed by atoms with Crippen LogP contribution in [0.15, 0.2) is 35.6 Å². The number of aryl methyl sites for hydroxylation is 2. The van der Waals surface area contributed by atoms with E-state index in [9.17, 15) is 0 Å². The Morgan fingerprint density at radius 1 is 1.17 bits per heavy atom. The number of nitrogens with zero attached hydrogens (tertiary/aromatic N) is 2. The number of methoxy groups -OCH3 is 1. The van der Waals surface area contributed by atoms with Crippen LogP contribution in [0, 0.1) is 13.8 Å². The van der Waals surface area contributed by atoms with Crippen molar-refractivity contribution >= 4 is 17.8 Å². The molecule has 4 rings (SSSR count). The van der Waals surface area contributed by atoms with E-state index in [2.05, 4.69) is 45.9 Å². The van der Waals surface area contributed by atoms with E-state index >= 15 is 0 Å². The molecule has 0 aliphatic carbocycles. The van der Waals surface area contributed by atoms with Crippen molar-refractivity contribution in [3.8, 4) is 5.75 Å². The number of H-pyrrole nitrogens is 2. The third-order valence-corrected chi connectivity index (χ3v) is 4.15. The molecule has 0 unspecified atom stereocenters. The minimum absolute atomic E-state index is 0.793. The van der Waals surface area contributed by atoms with Crippen LogP contribution in [0.3, 0.4) is 0 Å². The van der Waals surface area contributed by atoms with E-state index in [-0.39, 0.29) is 0 Å². The van der Waals surface area contributed by atoms with Crippen molar-refractivity contribution in [1.29, 1.82) is 0 Å². The summed E-state index contributed by atoms with van der Waals surface area (Å²) in [6, 6.07) is 6.02. The minimum Gasteiger partial charge on any atom is -0.494 e. The summed E-state index contributed by atoms with van der Waals surface area (Å²) < 4.78 is 5.52. The Morgan fingerprint density at radius 3 is 2.75 bits per heavy atom. The fourth-order valence-electron chi connectivity index (χ4n) is 2.97. The van der Waals surface area contributed by atoms with Crippen molar-refractivity contribution in [2.45, 2.75) is 13.8 Å². The summed E-state index contributed by atoms with van der Waals surface area (Å²) in [5.41, 5.74) is 4.30. The number of aromatic amines is 2. The van der Waals surface area contributed by atoms with Crippen LogP contribution in [0.1, 0.15) is 17.0 Å². The average molecular weight is 318 g/mol. The quantitative estimate of drug-likeness (QED) is 0.719. The summed E-state index contributed by atoms with van der Waals surface area (Å²) in [6.45, 7) is 4.14. The van der Waals surface area contributed by atoms with Gasteiger partial charge in [-0.2, -0.15) is 0 Å². The first-order chi connectivity index (χ1) is 11.6. The van der Waals surface area contributed by atoms with Crippen molar-refractivity contribution in [2.75, 3.05) is 7.11 Å². The molecule has 3 aromatic heterocycles. The van der Waals surface area contributed by atoms with Crippen molar-refractivity contribution in [3.63, 3.8) is 0 Å². The molecule has 120 valence electrons. The van der Waals surface area contributed by atoms with Gasteiger partial charge in [0.25, 0.3) is 0 Å². The maximum absolute atomic E-state index is 5.52. The highest BCUT2D eigenvalue weighted by Gasteiger charge is 2.06. The zero-order chi connectivity index (χ0) is 16.7. The number of ether oxygens (including phenoxy) is 1. The van der Waals surface area contributed by atoms with Crippen LogP contribution < -0.4 is 26.0 Å². The minimum atomic E-state index is 0.793. The first-order valence-corrected chi connectivity index (χ1v) is 7.80. The number of hydrogen-bond donors (Lipinski definition) is 2. The van der Waals surface area contributed by atoms with Crippen LogP contribution in [-0.2, 0) is 0 Å². The molecule has 0 fully saturated rings. The largest absolute Gasteiger partial charge is 0.494 e. The standard InChI is InChI=1S/C19H18N4O/c1-11-6-12(2)21-15(11)8-18-19(24-3)9-17(23-18)16-7-13-10-20-5-4-14(13)22-16/h4-10,21,23H,1-3H3/b17-16+,18-8-.